The zero-order chi connectivity index (χ0) is 21.8. The predicted molar refractivity (Wildman–Crippen MR) is 120 cm³/mol. The number of aryl methyl sites for hydroxylation is 1. The summed E-state index contributed by atoms with van der Waals surface area (Å²) in [6, 6.07) is 20.3. The van der Waals surface area contributed by atoms with Crippen LogP contribution in [0.5, 0.6) is 0 Å². The van der Waals surface area contributed by atoms with Gasteiger partial charge in [-0.05, 0) is 49.9 Å². The Kier molecular flexibility index (Phi) is 6.03. The van der Waals surface area contributed by atoms with Crippen LogP contribution < -0.4 is 0 Å². The fourth-order valence-electron chi connectivity index (χ4n) is 4.23. The van der Waals surface area contributed by atoms with Crippen molar-refractivity contribution in [2.75, 3.05) is 6.54 Å². The van der Waals surface area contributed by atoms with Gasteiger partial charge in [-0.3, -0.25) is 14.6 Å². The van der Waals surface area contributed by atoms with E-state index in [1.807, 2.05) is 67.4 Å². The third-order valence-electron chi connectivity index (χ3n) is 5.95. The molecular weight excluding hydrogens is 388 g/mol. The van der Waals surface area contributed by atoms with E-state index in [1.165, 1.54) is 5.56 Å². The summed E-state index contributed by atoms with van der Waals surface area (Å²) in [5.41, 5.74) is 2.38. The van der Waals surface area contributed by atoms with E-state index in [2.05, 4.69) is 23.2 Å². The van der Waals surface area contributed by atoms with Crippen molar-refractivity contribution in [1.82, 2.24) is 9.88 Å². The van der Waals surface area contributed by atoms with Crippen LogP contribution in [0.1, 0.15) is 37.8 Å². The van der Waals surface area contributed by atoms with E-state index in [4.69, 9.17) is 4.74 Å². The second kappa shape index (κ2) is 8.88. The number of rotatable bonds is 7. The molecule has 1 amide bonds. The van der Waals surface area contributed by atoms with Crippen molar-refractivity contribution in [1.29, 1.82) is 0 Å². The van der Waals surface area contributed by atoms with E-state index in [9.17, 15) is 9.59 Å². The molecular formula is C26H28N2O3. The molecule has 2 aromatic carbocycles. The molecule has 0 radical (unpaired) electrons. The largest absolute Gasteiger partial charge is 0.459 e. The third-order valence-corrected chi connectivity index (χ3v) is 5.95. The first-order valence-corrected chi connectivity index (χ1v) is 10.8. The zero-order valence-corrected chi connectivity index (χ0v) is 18.1. The van der Waals surface area contributed by atoms with Gasteiger partial charge in [-0.2, -0.15) is 0 Å². The maximum atomic E-state index is 13.5. The molecule has 3 aromatic rings. The summed E-state index contributed by atoms with van der Waals surface area (Å²) in [5.74, 6) is -0.804. The Bertz CT molecular complexity index is 1080. The normalized spacial score (nSPS) is 17.5. The lowest BCUT2D eigenvalue weighted by Crippen LogP contribution is -2.43. The maximum absolute atomic E-state index is 13.5. The Morgan fingerprint density at radius 1 is 1.10 bits per heavy atom. The molecule has 1 aliphatic rings. The van der Waals surface area contributed by atoms with Gasteiger partial charge in [0.15, 0.2) is 0 Å². The molecule has 160 valence electrons. The van der Waals surface area contributed by atoms with Crippen molar-refractivity contribution in [3.05, 3.63) is 78.0 Å². The molecule has 4 rings (SSSR count). The van der Waals surface area contributed by atoms with Gasteiger partial charge in [0.25, 0.3) is 0 Å². The highest BCUT2D eigenvalue weighted by Gasteiger charge is 2.47. The number of benzene rings is 2. The average molecular weight is 417 g/mol. The standard InChI is InChI=1S/C26H28N2O3/c1-26(2)22(16-24(29)31-26)25(30)28(14-8-11-19-9-4-3-5-10-19)18-20-15-21-12-6-7-13-23(21)27-17-20/h3-7,9-10,12-13,15,17,22H,8,11,14,16,18H2,1-2H3. The molecule has 5 heteroatoms. The van der Waals surface area contributed by atoms with Crippen molar-refractivity contribution >= 4 is 22.8 Å². The Hall–Kier alpha value is -3.21. The minimum absolute atomic E-state index is 0.0305. The number of hydrogen-bond donors (Lipinski definition) is 0. The highest BCUT2D eigenvalue weighted by molar-refractivity contribution is 5.88. The summed E-state index contributed by atoms with van der Waals surface area (Å²) in [4.78, 5) is 31.8. The molecule has 0 N–H and O–H groups in total. The number of amides is 1. The smallest absolute Gasteiger partial charge is 0.307 e. The number of fused-ring (bicyclic) bond motifs is 1. The lowest BCUT2D eigenvalue weighted by Gasteiger charge is -2.30. The van der Waals surface area contributed by atoms with Gasteiger partial charge < -0.3 is 9.64 Å². The number of cyclic esters (lactones) is 1. The summed E-state index contributed by atoms with van der Waals surface area (Å²) in [5, 5.41) is 1.05. The van der Waals surface area contributed by atoms with Gasteiger partial charge in [0, 0.05) is 24.7 Å². The number of aromatic nitrogens is 1. The molecule has 0 spiro atoms. The Morgan fingerprint density at radius 3 is 2.58 bits per heavy atom. The molecule has 1 unspecified atom stereocenters. The van der Waals surface area contributed by atoms with Gasteiger partial charge >= 0.3 is 5.97 Å². The van der Waals surface area contributed by atoms with Crippen LogP contribution in [-0.4, -0.2) is 33.9 Å². The fourth-order valence-corrected chi connectivity index (χ4v) is 4.23. The van der Waals surface area contributed by atoms with Crippen molar-refractivity contribution < 1.29 is 14.3 Å². The number of carbonyl (C=O) groups is 2. The minimum atomic E-state index is -0.784. The number of pyridine rings is 1. The second-order valence-electron chi connectivity index (χ2n) is 8.72. The number of para-hydroxylation sites is 1. The molecule has 1 fully saturated rings. The Labute approximate surface area is 183 Å². The van der Waals surface area contributed by atoms with Crippen LogP contribution in [0.3, 0.4) is 0 Å². The van der Waals surface area contributed by atoms with Crippen LogP contribution in [0.2, 0.25) is 0 Å². The van der Waals surface area contributed by atoms with Gasteiger partial charge in [0.05, 0.1) is 17.9 Å². The van der Waals surface area contributed by atoms with E-state index >= 15 is 0 Å². The topological polar surface area (TPSA) is 59.5 Å². The summed E-state index contributed by atoms with van der Waals surface area (Å²) >= 11 is 0. The van der Waals surface area contributed by atoms with Gasteiger partial charge in [-0.25, -0.2) is 0 Å². The first-order chi connectivity index (χ1) is 14.9. The van der Waals surface area contributed by atoms with Gasteiger partial charge in [0.1, 0.15) is 5.60 Å². The molecule has 2 heterocycles. The molecule has 1 atom stereocenters. The van der Waals surface area contributed by atoms with Crippen molar-refractivity contribution in [3.8, 4) is 0 Å². The van der Waals surface area contributed by atoms with Crippen LogP contribution in [0, 0.1) is 5.92 Å². The summed E-state index contributed by atoms with van der Waals surface area (Å²) in [7, 11) is 0. The molecule has 0 saturated carbocycles. The van der Waals surface area contributed by atoms with Crippen molar-refractivity contribution in [2.24, 2.45) is 5.92 Å². The third kappa shape index (κ3) is 4.93. The van der Waals surface area contributed by atoms with E-state index < -0.39 is 11.5 Å². The molecule has 1 aliphatic heterocycles. The minimum Gasteiger partial charge on any atom is -0.459 e. The van der Waals surface area contributed by atoms with Gasteiger partial charge in [0.2, 0.25) is 5.91 Å². The van der Waals surface area contributed by atoms with Gasteiger partial charge in [-0.1, -0.05) is 48.5 Å². The lowest BCUT2D eigenvalue weighted by molar-refractivity contribution is -0.149. The fraction of sp³-hybridized carbons (Fsp3) is 0.346. The maximum Gasteiger partial charge on any atom is 0.307 e. The Morgan fingerprint density at radius 2 is 1.84 bits per heavy atom. The molecule has 0 bridgehead atoms. The van der Waals surface area contributed by atoms with E-state index in [0.717, 1.165) is 29.3 Å². The van der Waals surface area contributed by atoms with Crippen LogP contribution in [0.15, 0.2) is 66.9 Å². The first kappa shape index (κ1) is 21.0. The highest BCUT2D eigenvalue weighted by atomic mass is 16.6. The number of esters is 1. The number of carbonyl (C=O) groups excluding carboxylic acids is 2. The molecule has 31 heavy (non-hydrogen) atoms. The lowest BCUT2D eigenvalue weighted by atomic mass is 9.89. The Balaban J connectivity index is 1.53. The van der Waals surface area contributed by atoms with Crippen molar-refractivity contribution in [3.63, 3.8) is 0 Å². The van der Waals surface area contributed by atoms with E-state index in [-0.39, 0.29) is 18.3 Å². The number of hydrogen-bond acceptors (Lipinski definition) is 4. The SMILES string of the molecule is CC1(C)OC(=O)CC1C(=O)N(CCCc1ccccc1)Cc1cnc2ccccc2c1. The number of ether oxygens (including phenoxy) is 1. The van der Waals surface area contributed by atoms with Crippen LogP contribution in [0.25, 0.3) is 10.9 Å². The molecule has 1 saturated heterocycles. The highest BCUT2D eigenvalue weighted by Crippen LogP contribution is 2.34. The predicted octanol–water partition coefficient (Wildman–Crippen LogP) is 4.54. The quantitative estimate of drug-likeness (QED) is 0.531. The molecule has 1 aromatic heterocycles. The summed E-state index contributed by atoms with van der Waals surface area (Å²) in [6.45, 7) is 4.72. The summed E-state index contributed by atoms with van der Waals surface area (Å²) < 4.78 is 5.42. The number of nitrogens with zero attached hydrogens (tertiary/aromatic N) is 2. The first-order valence-electron chi connectivity index (χ1n) is 10.8. The van der Waals surface area contributed by atoms with Crippen LogP contribution >= 0.6 is 0 Å². The van der Waals surface area contributed by atoms with Crippen molar-refractivity contribution in [2.45, 2.75) is 45.3 Å². The monoisotopic (exact) mass is 416 g/mol. The van der Waals surface area contributed by atoms with E-state index in [0.29, 0.717) is 13.1 Å². The van der Waals surface area contributed by atoms with Gasteiger partial charge in [-0.15, -0.1) is 0 Å². The summed E-state index contributed by atoms with van der Waals surface area (Å²) in [6.07, 6.45) is 3.71. The molecule has 5 nitrogen and oxygen atoms in total. The second-order valence-corrected chi connectivity index (χ2v) is 8.72. The van der Waals surface area contributed by atoms with E-state index in [1.54, 1.807) is 0 Å². The van der Waals surface area contributed by atoms with Crippen LogP contribution in [-0.2, 0) is 27.3 Å². The van der Waals surface area contributed by atoms with Crippen LogP contribution in [0.4, 0.5) is 0 Å². The zero-order valence-electron chi connectivity index (χ0n) is 18.1. The molecule has 0 aliphatic carbocycles. The average Bonchev–Trinajstić information content (AvgIpc) is 3.05.